The average molecular weight is 388 g/mol. The van der Waals surface area contributed by atoms with Crippen LogP contribution in [0, 0.1) is 0 Å². The molecule has 4 nitrogen and oxygen atoms in total. The lowest BCUT2D eigenvalue weighted by atomic mass is 10.3. The van der Waals surface area contributed by atoms with Gasteiger partial charge < -0.3 is 0 Å². The van der Waals surface area contributed by atoms with Crippen molar-refractivity contribution in [2.45, 2.75) is 10.6 Å². The van der Waals surface area contributed by atoms with Gasteiger partial charge in [0.05, 0.1) is 20.0 Å². The lowest BCUT2D eigenvalue weighted by Crippen LogP contribution is -2.25. The number of sulfonamides is 1. The fourth-order valence-electron chi connectivity index (χ4n) is 1.20. The Balaban J connectivity index is 1.99. The van der Waals surface area contributed by atoms with Gasteiger partial charge in [0.2, 0.25) is 10.0 Å². The number of hydrogen-bond acceptors (Lipinski definition) is 5. The van der Waals surface area contributed by atoms with Crippen LogP contribution in [0.15, 0.2) is 25.0 Å². The molecule has 98 valence electrons. The molecule has 0 fully saturated rings. The van der Waals surface area contributed by atoms with E-state index < -0.39 is 10.0 Å². The topological polar surface area (TPSA) is 59.1 Å². The van der Waals surface area contributed by atoms with Gasteiger partial charge in [0.1, 0.15) is 4.21 Å². The Morgan fingerprint density at radius 2 is 2.28 bits per heavy atom. The lowest BCUT2D eigenvalue weighted by Gasteiger charge is -2.02. The van der Waals surface area contributed by atoms with Gasteiger partial charge in [-0.3, -0.25) is 0 Å². The Labute approximate surface area is 126 Å². The van der Waals surface area contributed by atoms with Gasteiger partial charge in [-0.15, -0.1) is 22.7 Å². The summed E-state index contributed by atoms with van der Waals surface area (Å²) < 4.78 is 27.2. The quantitative estimate of drug-likeness (QED) is 0.857. The number of nitrogens with one attached hydrogen (secondary N) is 1. The molecule has 0 saturated heterocycles. The van der Waals surface area contributed by atoms with Gasteiger partial charge in [-0.05, 0) is 22.0 Å². The van der Waals surface area contributed by atoms with Crippen LogP contribution in [-0.4, -0.2) is 19.9 Å². The van der Waals surface area contributed by atoms with Gasteiger partial charge in [-0.2, -0.15) is 0 Å². The minimum Gasteiger partial charge on any atom is -0.250 e. The average Bonchev–Trinajstić information content (AvgIpc) is 2.90. The van der Waals surface area contributed by atoms with Crippen molar-refractivity contribution in [3.8, 4) is 0 Å². The zero-order valence-electron chi connectivity index (χ0n) is 8.89. The first-order valence-corrected chi connectivity index (χ1v) is 9.22. The number of halogens is 2. The number of hydrogen-bond donors (Lipinski definition) is 1. The summed E-state index contributed by atoms with van der Waals surface area (Å²) in [7, 11) is -3.49. The monoisotopic (exact) mass is 386 g/mol. The first-order valence-electron chi connectivity index (χ1n) is 4.80. The summed E-state index contributed by atoms with van der Waals surface area (Å²) in [4.78, 5) is 4.08. The molecule has 2 heterocycles. The molecular weight excluding hydrogens is 380 g/mol. The second kappa shape index (κ2) is 5.98. The highest BCUT2D eigenvalue weighted by Crippen LogP contribution is 2.34. The lowest BCUT2D eigenvalue weighted by molar-refractivity contribution is 0.583. The first kappa shape index (κ1) is 14.4. The molecule has 0 aromatic carbocycles. The Bertz CT molecular complexity index is 605. The molecule has 0 unspecified atom stereocenters. The minimum absolute atomic E-state index is 0.206. The van der Waals surface area contributed by atoms with Crippen LogP contribution in [0.4, 0.5) is 0 Å². The fourth-order valence-corrected chi connectivity index (χ4v) is 5.27. The molecule has 0 aliphatic carbocycles. The molecule has 2 aromatic rings. The number of thiazole rings is 1. The maximum atomic E-state index is 11.9. The van der Waals surface area contributed by atoms with E-state index in [4.69, 9.17) is 11.6 Å². The smallest absolute Gasteiger partial charge is 0.250 e. The van der Waals surface area contributed by atoms with Crippen molar-refractivity contribution < 1.29 is 8.42 Å². The Morgan fingerprint density at radius 1 is 1.50 bits per heavy atom. The van der Waals surface area contributed by atoms with E-state index in [1.165, 1.54) is 17.4 Å². The second-order valence-electron chi connectivity index (χ2n) is 3.31. The number of aromatic nitrogens is 1. The third-order valence-corrected chi connectivity index (χ3v) is 7.09. The molecule has 18 heavy (non-hydrogen) atoms. The summed E-state index contributed by atoms with van der Waals surface area (Å²) in [5, 5.41) is 2.30. The standard InChI is InChI=1S/C9H8BrClN2O2S3/c10-9-7(11)3-8(17-9)18(14,15)13-2-1-6-4-16-5-12-6/h3-5,13H,1-2H2. The number of thiophene rings is 1. The highest BCUT2D eigenvalue weighted by molar-refractivity contribution is 9.11. The summed E-state index contributed by atoms with van der Waals surface area (Å²) in [6, 6.07) is 1.43. The van der Waals surface area contributed by atoms with Gasteiger partial charge in [0.15, 0.2) is 0 Å². The second-order valence-corrected chi connectivity index (χ2v) is 8.80. The van der Waals surface area contributed by atoms with Crippen LogP contribution in [0.1, 0.15) is 5.69 Å². The van der Waals surface area contributed by atoms with E-state index in [1.54, 1.807) is 5.51 Å². The molecule has 0 bridgehead atoms. The van der Waals surface area contributed by atoms with Crippen molar-refractivity contribution >= 4 is 60.2 Å². The highest BCUT2D eigenvalue weighted by Gasteiger charge is 2.18. The van der Waals surface area contributed by atoms with Gasteiger partial charge in [0.25, 0.3) is 0 Å². The van der Waals surface area contributed by atoms with Crippen LogP contribution in [0.3, 0.4) is 0 Å². The fraction of sp³-hybridized carbons (Fsp3) is 0.222. The molecule has 0 amide bonds. The minimum atomic E-state index is -3.49. The maximum absolute atomic E-state index is 11.9. The van der Waals surface area contributed by atoms with E-state index in [9.17, 15) is 8.42 Å². The summed E-state index contributed by atoms with van der Waals surface area (Å²) in [5.74, 6) is 0. The zero-order chi connectivity index (χ0) is 13.2. The van der Waals surface area contributed by atoms with Gasteiger partial charge in [-0.25, -0.2) is 18.1 Å². The van der Waals surface area contributed by atoms with Crippen molar-refractivity contribution in [2.24, 2.45) is 0 Å². The van der Waals surface area contributed by atoms with Crippen LogP contribution >= 0.6 is 50.2 Å². The van der Waals surface area contributed by atoms with E-state index in [0.29, 0.717) is 21.8 Å². The summed E-state index contributed by atoms with van der Waals surface area (Å²) in [5.41, 5.74) is 2.60. The molecule has 0 spiro atoms. The Hall–Kier alpha value is 0.01000. The number of nitrogens with zero attached hydrogens (tertiary/aromatic N) is 1. The van der Waals surface area contributed by atoms with Gasteiger partial charge in [-0.1, -0.05) is 11.6 Å². The molecule has 1 N–H and O–H groups in total. The van der Waals surface area contributed by atoms with Crippen molar-refractivity contribution in [1.29, 1.82) is 0 Å². The largest absolute Gasteiger partial charge is 0.250 e. The van der Waals surface area contributed by atoms with E-state index in [2.05, 4.69) is 25.6 Å². The molecule has 0 aliphatic rings. The summed E-state index contributed by atoms with van der Waals surface area (Å²) in [6.07, 6.45) is 0.572. The predicted octanol–water partition coefficient (Wildman–Crippen LogP) is 3.14. The van der Waals surface area contributed by atoms with Crippen LogP contribution in [0.25, 0.3) is 0 Å². The van der Waals surface area contributed by atoms with E-state index in [-0.39, 0.29) is 4.21 Å². The van der Waals surface area contributed by atoms with Crippen molar-refractivity contribution in [3.05, 3.63) is 31.5 Å². The van der Waals surface area contributed by atoms with Crippen molar-refractivity contribution in [1.82, 2.24) is 9.71 Å². The van der Waals surface area contributed by atoms with Gasteiger partial charge in [0, 0.05) is 18.3 Å². The van der Waals surface area contributed by atoms with Crippen molar-refractivity contribution in [2.75, 3.05) is 6.54 Å². The maximum Gasteiger partial charge on any atom is 0.250 e. The molecule has 0 atom stereocenters. The van der Waals surface area contributed by atoms with E-state index in [0.717, 1.165) is 17.0 Å². The Morgan fingerprint density at radius 3 is 2.83 bits per heavy atom. The van der Waals surface area contributed by atoms with E-state index >= 15 is 0 Å². The van der Waals surface area contributed by atoms with Crippen LogP contribution in [-0.2, 0) is 16.4 Å². The first-order chi connectivity index (χ1) is 8.49. The zero-order valence-corrected chi connectivity index (χ0v) is 13.7. The molecular formula is C9H8BrClN2O2S3. The Kier molecular flexibility index (Phi) is 4.79. The third kappa shape index (κ3) is 3.52. The van der Waals surface area contributed by atoms with Crippen LogP contribution in [0.2, 0.25) is 5.02 Å². The molecule has 2 rings (SSSR count). The summed E-state index contributed by atoms with van der Waals surface area (Å²) >= 11 is 11.6. The highest BCUT2D eigenvalue weighted by atomic mass is 79.9. The summed E-state index contributed by atoms with van der Waals surface area (Å²) in [6.45, 7) is 0.319. The molecule has 9 heteroatoms. The third-order valence-electron chi connectivity index (χ3n) is 2.04. The predicted molar refractivity (Wildman–Crippen MR) is 78.0 cm³/mol. The van der Waals surface area contributed by atoms with Crippen LogP contribution < -0.4 is 4.72 Å². The molecule has 0 saturated carbocycles. The van der Waals surface area contributed by atoms with Crippen LogP contribution in [0.5, 0.6) is 0 Å². The molecule has 0 radical (unpaired) electrons. The molecule has 2 aromatic heterocycles. The normalized spacial score (nSPS) is 11.9. The molecule has 0 aliphatic heterocycles. The van der Waals surface area contributed by atoms with Crippen molar-refractivity contribution in [3.63, 3.8) is 0 Å². The SMILES string of the molecule is O=S(=O)(NCCc1cscn1)c1cc(Cl)c(Br)s1. The van der Waals surface area contributed by atoms with E-state index in [1.807, 2.05) is 5.38 Å². The van der Waals surface area contributed by atoms with Gasteiger partial charge >= 0.3 is 0 Å². The number of rotatable bonds is 5.